The molecule has 2 rings (SSSR count). The van der Waals surface area contributed by atoms with Crippen molar-refractivity contribution in [2.24, 2.45) is 7.05 Å². The summed E-state index contributed by atoms with van der Waals surface area (Å²) in [7, 11) is 3.95. The van der Waals surface area contributed by atoms with Crippen molar-refractivity contribution in [3.8, 4) is 0 Å². The van der Waals surface area contributed by atoms with Gasteiger partial charge in [-0.3, -0.25) is 4.68 Å². The Balaban J connectivity index is 2.26. The maximum atomic E-state index is 4.49. The van der Waals surface area contributed by atoms with Crippen LogP contribution in [0.5, 0.6) is 0 Å². The van der Waals surface area contributed by atoms with Gasteiger partial charge in [0.05, 0.1) is 11.7 Å². The van der Waals surface area contributed by atoms with E-state index in [4.69, 9.17) is 0 Å². The molecule has 0 saturated carbocycles. The Morgan fingerprint density at radius 3 is 2.39 bits per heavy atom. The normalized spacial score (nSPS) is 12.7. The van der Waals surface area contributed by atoms with Crippen molar-refractivity contribution in [2.75, 3.05) is 7.05 Å². The Labute approximate surface area is 109 Å². The number of hydrogen-bond acceptors (Lipinski definition) is 2. The van der Waals surface area contributed by atoms with E-state index in [0.717, 1.165) is 12.1 Å². The smallest absolute Gasteiger partial charge is 0.0797 e. The maximum Gasteiger partial charge on any atom is 0.0797 e. The second kappa shape index (κ2) is 5.36. The molecule has 0 bridgehead atoms. The summed E-state index contributed by atoms with van der Waals surface area (Å²) >= 11 is 0. The van der Waals surface area contributed by atoms with Crippen LogP contribution in [0.2, 0.25) is 0 Å². The topological polar surface area (TPSA) is 29.9 Å². The summed E-state index contributed by atoms with van der Waals surface area (Å²) in [5, 5.41) is 7.85. The van der Waals surface area contributed by atoms with Gasteiger partial charge in [0.15, 0.2) is 0 Å². The van der Waals surface area contributed by atoms with Crippen LogP contribution in [0.3, 0.4) is 0 Å². The lowest BCUT2D eigenvalue weighted by Crippen LogP contribution is -2.20. The zero-order valence-electron chi connectivity index (χ0n) is 11.6. The first-order chi connectivity index (χ1) is 8.61. The Bertz CT molecular complexity index is 508. The average Bonchev–Trinajstić information content (AvgIpc) is 2.76. The Morgan fingerprint density at radius 2 is 1.89 bits per heavy atom. The fourth-order valence-electron chi connectivity index (χ4n) is 2.35. The molecule has 1 unspecified atom stereocenters. The molecule has 0 aliphatic carbocycles. The molecule has 0 radical (unpaired) electrons. The number of aryl methyl sites for hydroxylation is 3. The number of nitrogens with one attached hydrogen (secondary N) is 1. The van der Waals surface area contributed by atoms with Crippen molar-refractivity contribution in [3.63, 3.8) is 0 Å². The van der Waals surface area contributed by atoms with Gasteiger partial charge in [-0.05, 0) is 50.1 Å². The monoisotopic (exact) mass is 243 g/mol. The van der Waals surface area contributed by atoms with Gasteiger partial charge in [-0.25, -0.2) is 0 Å². The van der Waals surface area contributed by atoms with E-state index in [2.05, 4.69) is 48.5 Å². The van der Waals surface area contributed by atoms with Crippen LogP contribution >= 0.6 is 0 Å². The molecular weight excluding hydrogens is 222 g/mol. The lowest BCUT2D eigenvalue weighted by molar-refractivity contribution is 0.560. The lowest BCUT2D eigenvalue weighted by atomic mass is 9.95. The van der Waals surface area contributed by atoms with Crippen molar-refractivity contribution in [2.45, 2.75) is 26.3 Å². The molecule has 0 aliphatic rings. The minimum Gasteiger partial charge on any atom is -0.311 e. The Morgan fingerprint density at radius 1 is 1.22 bits per heavy atom. The molecule has 1 atom stereocenters. The first-order valence-electron chi connectivity index (χ1n) is 6.33. The maximum absolute atomic E-state index is 4.49. The minimum absolute atomic E-state index is 0.269. The van der Waals surface area contributed by atoms with Crippen LogP contribution in [-0.4, -0.2) is 16.8 Å². The quantitative estimate of drug-likeness (QED) is 0.894. The molecule has 0 aliphatic heterocycles. The zero-order valence-corrected chi connectivity index (χ0v) is 11.6. The highest BCUT2D eigenvalue weighted by molar-refractivity contribution is 5.34. The van der Waals surface area contributed by atoms with Crippen LogP contribution in [0.25, 0.3) is 0 Å². The van der Waals surface area contributed by atoms with Gasteiger partial charge in [0, 0.05) is 13.2 Å². The van der Waals surface area contributed by atoms with Gasteiger partial charge >= 0.3 is 0 Å². The second-order valence-electron chi connectivity index (χ2n) is 4.83. The first kappa shape index (κ1) is 12.8. The molecular formula is C15H21N3. The van der Waals surface area contributed by atoms with Crippen molar-refractivity contribution in [1.29, 1.82) is 0 Å². The van der Waals surface area contributed by atoms with Crippen LogP contribution in [0.1, 0.15) is 28.4 Å². The fraction of sp³-hybridized carbons (Fsp3) is 0.400. The number of benzene rings is 1. The van der Waals surface area contributed by atoms with Crippen LogP contribution in [0.4, 0.5) is 0 Å². The molecule has 3 nitrogen and oxygen atoms in total. The van der Waals surface area contributed by atoms with Gasteiger partial charge in [0.1, 0.15) is 0 Å². The van der Waals surface area contributed by atoms with E-state index >= 15 is 0 Å². The third-order valence-electron chi connectivity index (χ3n) is 3.49. The molecule has 96 valence electrons. The van der Waals surface area contributed by atoms with Gasteiger partial charge in [0.25, 0.3) is 0 Å². The summed E-state index contributed by atoms with van der Waals surface area (Å²) in [5.74, 6) is 0. The highest BCUT2D eigenvalue weighted by Crippen LogP contribution is 2.21. The van der Waals surface area contributed by atoms with Crippen LogP contribution in [-0.2, 0) is 13.5 Å². The molecule has 0 saturated heterocycles. The minimum atomic E-state index is 0.269. The Kier molecular flexibility index (Phi) is 3.82. The number of rotatable bonds is 4. The molecule has 18 heavy (non-hydrogen) atoms. The summed E-state index contributed by atoms with van der Waals surface area (Å²) in [6, 6.07) is 8.81. The van der Waals surface area contributed by atoms with E-state index < -0.39 is 0 Å². The SMILES string of the molecule is CNC(Cc1c(C)cccc1C)c1ccn(C)n1. The van der Waals surface area contributed by atoms with E-state index in [1.165, 1.54) is 16.7 Å². The van der Waals surface area contributed by atoms with Crippen LogP contribution in [0.15, 0.2) is 30.5 Å². The molecule has 0 fully saturated rings. The molecule has 1 aromatic heterocycles. The highest BCUT2D eigenvalue weighted by Gasteiger charge is 2.15. The van der Waals surface area contributed by atoms with Crippen molar-refractivity contribution in [3.05, 3.63) is 52.8 Å². The van der Waals surface area contributed by atoms with E-state index in [-0.39, 0.29) is 6.04 Å². The third kappa shape index (κ3) is 2.62. The third-order valence-corrected chi connectivity index (χ3v) is 3.49. The van der Waals surface area contributed by atoms with E-state index in [1.807, 2.05) is 25.0 Å². The number of aromatic nitrogens is 2. The molecule has 0 spiro atoms. The van der Waals surface area contributed by atoms with Gasteiger partial charge in [-0.15, -0.1) is 0 Å². The van der Waals surface area contributed by atoms with Crippen molar-refractivity contribution < 1.29 is 0 Å². The molecule has 1 N–H and O–H groups in total. The van der Waals surface area contributed by atoms with Crippen LogP contribution in [0, 0.1) is 13.8 Å². The second-order valence-corrected chi connectivity index (χ2v) is 4.83. The average molecular weight is 243 g/mol. The standard InChI is InChI=1S/C15H21N3/c1-11-6-5-7-12(2)13(11)10-15(16-3)14-8-9-18(4)17-14/h5-9,15-16H,10H2,1-4H3. The van der Waals surface area contributed by atoms with Gasteiger partial charge in [-0.1, -0.05) is 18.2 Å². The predicted octanol–water partition coefficient (Wildman–Crippen LogP) is 2.54. The summed E-state index contributed by atoms with van der Waals surface area (Å²) in [6.45, 7) is 4.35. The van der Waals surface area contributed by atoms with Gasteiger partial charge < -0.3 is 5.32 Å². The van der Waals surface area contributed by atoms with Crippen molar-refractivity contribution >= 4 is 0 Å². The largest absolute Gasteiger partial charge is 0.311 e. The summed E-state index contributed by atoms with van der Waals surface area (Å²) < 4.78 is 1.85. The summed E-state index contributed by atoms with van der Waals surface area (Å²) in [5.41, 5.74) is 5.22. The van der Waals surface area contributed by atoms with E-state index in [1.54, 1.807) is 0 Å². The molecule has 0 amide bonds. The van der Waals surface area contributed by atoms with Crippen molar-refractivity contribution in [1.82, 2.24) is 15.1 Å². The number of hydrogen-bond donors (Lipinski definition) is 1. The fourth-order valence-corrected chi connectivity index (χ4v) is 2.35. The highest BCUT2D eigenvalue weighted by atomic mass is 15.3. The lowest BCUT2D eigenvalue weighted by Gasteiger charge is -2.17. The zero-order chi connectivity index (χ0) is 13.1. The Hall–Kier alpha value is -1.61. The van der Waals surface area contributed by atoms with Gasteiger partial charge in [0.2, 0.25) is 0 Å². The summed E-state index contributed by atoms with van der Waals surface area (Å²) in [4.78, 5) is 0. The molecule has 1 heterocycles. The number of nitrogens with zero attached hydrogens (tertiary/aromatic N) is 2. The number of likely N-dealkylation sites (N-methyl/N-ethyl adjacent to an activating group) is 1. The van der Waals surface area contributed by atoms with Crippen LogP contribution < -0.4 is 5.32 Å². The summed E-state index contributed by atoms with van der Waals surface area (Å²) in [6.07, 6.45) is 2.97. The first-order valence-corrected chi connectivity index (χ1v) is 6.33. The van der Waals surface area contributed by atoms with Gasteiger partial charge in [-0.2, -0.15) is 5.10 Å². The predicted molar refractivity (Wildman–Crippen MR) is 74.6 cm³/mol. The molecule has 1 aromatic carbocycles. The molecule has 3 heteroatoms. The van der Waals surface area contributed by atoms with E-state index in [9.17, 15) is 0 Å². The van der Waals surface area contributed by atoms with E-state index in [0.29, 0.717) is 0 Å². The molecule has 2 aromatic rings.